The SMILES string of the molecule is CCC(O)(CC)CN1CCC(CCn2c(C)c(Cc3ccc(C(=O)OC)cc3)c3ccccc32)CC1. The number of carbonyl (C=O) groups excluding carboxylic acids is 1. The average molecular weight is 491 g/mol. The first-order valence-corrected chi connectivity index (χ1v) is 13.6. The lowest BCUT2D eigenvalue weighted by molar-refractivity contribution is -0.0120. The summed E-state index contributed by atoms with van der Waals surface area (Å²) in [7, 11) is 1.41. The topological polar surface area (TPSA) is 54.7 Å². The first-order valence-electron chi connectivity index (χ1n) is 13.6. The van der Waals surface area contributed by atoms with Crippen molar-refractivity contribution in [1.82, 2.24) is 9.47 Å². The first-order chi connectivity index (χ1) is 17.4. The lowest BCUT2D eigenvalue weighted by Crippen LogP contribution is -2.45. The number of aromatic nitrogens is 1. The maximum absolute atomic E-state index is 11.8. The molecule has 0 radical (unpaired) electrons. The summed E-state index contributed by atoms with van der Waals surface area (Å²) in [6.45, 7) is 10.4. The Kier molecular flexibility index (Phi) is 8.53. The Morgan fingerprint density at radius 3 is 2.36 bits per heavy atom. The Balaban J connectivity index is 1.43. The average Bonchev–Trinajstić information content (AvgIpc) is 3.18. The molecule has 1 aliphatic heterocycles. The quantitative estimate of drug-likeness (QED) is 0.355. The molecule has 5 nitrogen and oxygen atoms in total. The highest BCUT2D eigenvalue weighted by atomic mass is 16.5. The fraction of sp³-hybridized carbons (Fsp3) is 0.516. The molecule has 1 aliphatic rings. The van der Waals surface area contributed by atoms with Crippen molar-refractivity contribution in [3.8, 4) is 0 Å². The summed E-state index contributed by atoms with van der Waals surface area (Å²) < 4.78 is 7.34. The Hall–Kier alpha value is -2.63. The number of hydrogen-bond acceptors (Lipinski definition) is 4. The second-order valence-electron chi connectivity index (χ2n) is 10.5. The van der Waals surface area contributed by atoms with Crippen molar-refractivity contribution < 1.29 is 14.6 Å². The van der Waals surface area contributed by atoms with Crippen LogP contribution in [-0.2, 0) is 17.7 Å². The third-order valence-electron chi connectivity index (χ3n) is 8.42. The number of β-amino-alcohol motifs (C(OH)–C–C–N with tert-alkyl or cyclic N) is 1. The van der Waals surface area contributed by atoms with Crippen LogP contribution in [0.5, 0.6) is 0 Å². The predicted octanol–water partition coefficient (Wildman–Crippen LogP) is 5.98. The normalized spacial score (nSPS) is 15.5. The molecule has 0 saturated carbocycles. The minimum Gasteiger partial charge on any atom is -0.465 e. The van der Waals surface area contributed by atoms with Crippen LogP contribution in [0.25, 0.3) is 10.9 Å². The van der Waals surface area contributed by atoms with Crippen LogP contribution in [0.1, 0.15) is 73.1 Å². The molecule has 5 heteroatoms. The number of fused-ring (bicyclic) bond motifs is 1. The van der Waals surface area contributed by atoms with Crippen LogP contribution >= 0.6 is 0 Å². The zero-order chi connectivity index (χ0) is 25.7. The number of esters is 1. The molecule has 1 N–H and O–H groups in total. The van der Waals surface area contributed by atoms with Crippen LogP contribution in [0, 0.1) is 12.8 Å². The van der Waals surface area contributed by atoms with Gasteiger partial charge in [0.15, 0.2) is 0 Å². The van der Waals surface area contributed by atoms with E-state index in [9.17, 15) is 9.90 Å². The van der Waals surface area contributed by atoms with Gasteiger partial charge >= 0.3 is 5.97 Å². The van der Waals surface area contributed by atoms with Gasteiger partial charge in [-0.25, -0.2) is 4.79 Å². The van der Waals surface area contributed by atoms with Gasteiger partial charge in [0.2, 0.25) is 0 Å². The van der Waals surface area contributed by atoms with Gasteiger partial charge < -0.3 is 19.3 Å². The van der Waals surface area contributed by atoms with Gasteiger partial charge in [-0.05, 0) is 93.8 Å². The summed E-state index contributed by atoms with van der Waals surface area (Å²) in [5, 5.41) is 12.0. The number of carbonyl (C=O) groups is 1. The molecule has 2 heterocycles. The van der Waals surface area contributed by atoms with Crippen LogP contribution in [0.3, 0.4) is 0 Å². The van der Waals surface area contributed by atoms with E-state index in [-0.39, 0.29) is 5.97 Å². The number of piperidine rings is 1. The lowest BCUT2D eigenvalue weighted by Gasteiger charge is -2.37. The van der Waals surface area contributed by atoms with Gasteiger partial charge in [0.05, 0.1) is 18.3 Å². The standard InChI is InChI=1S/C31H42N2O3/c1-5-31(35,6-2)22-32-18-15-24(16-19-32)17-20-33-23(3)28(27-9-7-8-10-29(27)33)21-25-11-13-26(14-12-25)30(34)36-4/h7-14,24,35H,5-6,15-22H2,1-4H3. The summed E-state index contributed by atoms with van der Waals surface area (Å²) in [6, 6.07) is 16.5. The van der Waals surface area contributed by atoms with E-state index < -0.39 is 5.60 Å². The summed E-state index contributed by atoms with van der Waals surface area (Å²) in [4.78, 5) is 14.2. The molecule has 1 aromatic heterocycles. The number of ether oxygens (including phenoxy) is 1. The maximum atomic E-state index is 11.8. The van der Waals surface area contributed by atoms with E-state index in [1.807, 2.05) is 24.3 Å². The van der Waals surface area contributed by atoms with Crippen molar-refractivity contribution in [2.75, 3.05) is 26.7 Å². The van der Waals surface area contributed by atoms with Crippen LogP contribution in [0.4, 0.5) is 0 Å². The molecule has 0 bridgehead atoms. The number of para-hydroxylation sites is 1. The highest BCUT2D eigenvalue weighted by Gasteiger charge is 2.28. The van der Waals surface area contributed by atoms with Gasteiger partial charge in [-0.2, -0.15) is 0 Å². The molecule has 36 heavy (non-hydrogen) atoms. The second-order valence-corrected chi connectivity index (χ2v) is 10.5. The van der Waals surface area contributed by atoms with E-state index >= 15 is 0 Å². The molecular formula is C31H42N2O3. The van der Waals surface area contributed by atoms with Crippen molar-refractivity contribution in [2.45, 2.75) is 71.4 Å². The maximum Gasteiger partial charge on any atom is 0.337 e. The largest absolute Gasteiger partial charge is 0.465 e. The highest BCUT2D eigenvalue weighted by molar-refractivity contribution is 5.89. The smallest absolute Gasteiger partial charge is 0.337 e. The van der Waals surface area contributed by atoms with Crippen molar-refractivity contribution >= 4 is 16.9 Å². The highest BCUT2D eigenvalue weighted by Crippen LogP contribution is 2.30. The number of methoxy groups -OCH3 is 1. The number of rotatable bonds is 10. The third-order valence-corrected chi connectivity index (χ3v) is 8.42. The van der Waals surface area contributed by atoms with Crippen LogP contribution in [0.2, 0.25) is 0 Å². The van der Waals surface area contributed by atoms with E-state index in [0.717, 1.165) is 51.4 Å². The number of aliphatic hydroxyl groups is 1. The van der Waals surface area contributed by atoms with E-state index in [1.165, 1.54) is 54.1 Å². The van der Waals surface area contributed by atoms with E-state index in [2.05, 4.69) is 54.5 Å². The van der Waals surface area contributed by atoms with Gasteiger partial charge in [0, 0.05) is 29.7 Å². The van der Waals surface area contributed by atoms with Crippen LogP contribution < -0.4 is 0 Å². The minimum absolute atomic E-state index is 0.299. The van der Waals surface area contributed by atoms with Crippen molar-refractivity contribution in [3.05, 3.63) is 70.9 Å². The third kappa shape index (κ3) is 5.84. The molecule has 0 unspecified atom stereocenters. The number of benzene rings is 2. The van der Waals surface area contributed by atoms with E-state index in [4.69, 9.17) is 4.74 Å². The molecule has 2 aromatic carbocycles. The Morgan fingerprint density at radius 1 is 1.06 bits per heavy atom. The van der Waals surface area contributed by atoms with Gasteiger partial charge in [-0.15, -0.1) is 0 Å². The molecule has 4 rings (SSSR count). The molecular weight excluding hydrogens is 448 g/mol. The Labute approximate surface area is 216 Å². The predicted molar refractivity (Wildman–Crippen MR) is 147 cm³/mol. The fourth-order valence-corrected chi connectivity index (χ4v) is 5.73. The summed E-state index contributed by atoms with van der Waals surface area (Å²) in [5.74, 6) is 0.430. The monoisotopic (exact) mass is 490 g/mol. The van der Waals surface area contributed by atoms with Gasteiger partial charge in [0.1, 0.15) is 0 Å². The summed E-state index contributed by atoms with van der Waals surface area (Å²) in [5.41, 5.74) is 5.25. The van der Waals surface area contributed by atoms with E-state index in [0.29, 0.717) is 5.56 Å². The molecule has 1 saturated heterocycles. The first kappa shape index (κ1) is 26.4. The Morgan fingerprint density at radius 2 is 1.72 bits per heavy atom. The van der Waals surface area contributed by atoms with Gasteiger partial charge in [-0.1, -0.05) is 44.2 Å². The molecule has 0 spiro atoms. The summed E-state index contributed by atoms with van der Waals surface area (Å²) >= 11 is 0. The van der Waals surface area contributed by atoms with Crippen molar-refractivity contribution in [2.24, 2.45) is 5.92 Å². The number of nitrogens with zero attached hydrogens (tertiary/aromatic N) is 2. The zero-order valence-corrected chi connectivity index (χ0v) is 22.4. The zero-order valence-electron chi connectivity index (χ0n) is 22.4. The van der Waals surface area contributed by atoms with E-state index in [1.54, 1.807) is 0 Å². The number of hydrogen-bond donors (Lipinski definition) is 1. The van der Waals surface area contributed by atoms with Crippen LogP contribution in [-0.4, -0.2) is 52.9 Å². The van der Waals surface area contributed by atoms with Crippen molar-refractivity contribution in [3.63, 3.8) is 0 Å². The fourth-order valence-electron chi connectivity index (χ4n) is 5.73. The number of likely N-dealkylation sites (tertiary alicyclic amines) is 1. The molecule has 3 aromatic rings. The van der Waals surface area contributed by atoms with Gasteiger partial charge in [0.25, 0.3) is 0 Å². The second kappa shape index (κ2) is 11.6. The molecule has 194 valence electrons. The van der Waals surface area contributed by atoms with Gasteiger partial charge in [-0.3, -0.25) is 0 Å². The van der Waals surface area contributed by atoms with Crippen molar-refractivity contribution in [1.29, 1.82) is 0 Å². The van der Waals surface area contributed by atoms with Crippen LogP contribution in [0.15, 0.2) is 48.5 Å². The molecule has 0 atom stereocenters. The lowest BCUT2D eigenvalue weighted by atomic mass is 9.91. The molecule has 1 fully saturated rings. The molecule has 0 aliphatic carbocycles. The number of aryl methyl sites for hydroxylation is 1. The minimum atomic E-state index is -0.538. The Bertz CT molecular complexity index is 1150. The summed E-state index contributed by atoms with van der Waals surface area (Å²) in [6.07, 6.45) is 6.09. The molecule has 0 amide bonds.